The van der Waals surface area contributed by atoms with Crippen LogP contribution in [0.5, 0.6) is 17.2 Å². The minimum Gasteiger partial charge on any atom is -0.493 e. The molecule has 0 aliphatic rings. The largest absolute Gasteiger partial charge is 0.493 e. The fourth-order valence-electron chi connectivity index (χ4n) is 2.03. The lowest BCUT2D eigenvalue weighted by Gasteiger charge is -2.14. The summed E-state index contributed by atoms with van der Waals surface area (Å²) in [6.45, 7) is 0.593. The molecular formula is C17H19ClN2O4. The van der Waals surface area contributed by atoms with E-state index in [1.807, 2.05) is 0 Å². The second kappa shape index (κ2) is 8.88. The van der Waals surface area contributed by atoms with Gasteiger partial charge in [-0.25, -0.2) is 4.79 Å². The van der Waals surface area contributed by atoms with E-state index in [9.17, 15) is 4.79 Å². The van der Waals surface area contributed by atoms with Gasteiger partial charge in [0.15, 0.2) is 11.5 Å². The molecule has 2 aromatic carbocycles. The van der Waals surface area contributed by atoms with E-state index in [-0.39, 0.29) is 12.6 Å². The average Bonchev–Trinajstić information content (AvgIpc) is 2.60. The molecule has 0 heterocycles. The molecule has 2 aromatic rings. The Balaban J connectivity index is 1.81. The maximum absolute atomic E-state index is 11.8. The van der Waals surface area contributed by atoms with Crippen molar-refractivity contribution in [1.82, 2.24) is 5.32 Å². The molecule has 0 saturated heterocycles. The third-order valence-corrected chi connectivity index (χ3v) is 3.46. The van der Waals surface area contributed by atoms with Crippen molar-refractivity contribution in [2.45, 2.75) is 0 Å². The zero-order valence-electron chi connectivity index (χ0n) is 13.5. The predicted molar refractivity (Wildman–Crippen MR) is 93.5 cm³/mol. The van der Waals surface area contributed by atoms with Crippen molar-refractivity contribution >= 4 is 23.3 Å². The van der Waals surface area contributed by atoms with E-state index >= 15 is 0 Å². The number of halogens is 1. The van der Waals surface area contributed by atoms with Crippen LogP contribution in [0.1, 0.15) is 0 Å². The Morgan fingerprint density at radius 2 is 1.79 bits per heavy atom. The van der Waals surface area contributed by atoms with Gasteiger partial charge in [0.05, 0.1) is 31.5 Å². The van der Waals surface area contributed by atoms with E-state index in [1.54, 1.807) is 56.7 Å². The maximum atomic E-state index is 11.8. The van der Waals surface area contributed by atoms with E-state index in [2.05, 4.69) is 10.6 Å². The van der Waals surface area contributed by atoms with Crippen molar-refractivity contribution in [3.8, 4) is 17.2 Å². The van der Waals surface area contributed by atoms with Gasteiger partial charge >= 0.3 is 6.03 Å². The summed E-state index contributed by atoms with van der Waals surface area (Å²) in [7, 11) is 3.10. The van der Waals surface area contributed by atoms with E-state index in [0.717, 1.165) is 0 Å². The summed E-state index contributed by atoms with van der Waals surface area (Å²) in [6, 6.07) is 12.0. The van der Waals surface area contributed by atoms with E-state index in [0.29, 0.717) is 34.5 Å². The van der Waals surface area contributed by atoms with Gasteiger partial charge in [-0.2, -0.15) is 0 Å². The summed E-state index contributed by atoms with van der Waals surface area (Å²) in [4.78, 5) is 11.8. The number of hydrogen-bond acceptors (Lipinski definition) is 4. The number of hydrogen-bond donors (Lipinski definition) is 2. The van der Waals surface area contributed by atoms with Gasteiger partial charge in [-0.1, -0.05) is 29.8 Å². The Bertz CT molecular complexity index is 694. The highest BCUT2D eigenvalue weighted by Crippen LogP contribution is 2.36. The Kier molecular flexibility index (Phi) is 6.57. The van der Waals surface area contributed by atoms with Gasteiger partial charge in [-0.15, -0.1) is 0 Å². The number of rotatable bonds is 7. The number of carbonyl (C=O) groups excluding carboxylic acids is 1. The molecule has 0 atom stereocenters. The number of carbonyl (C=O) groups is 1. The van der Waals surface area contributed by atoms with Gasteiger partial charge in [-0.05, 0) is 24.3 Å². The molecule has 0 bridgehead atoms. The first kappa shape index (κ1) is 17.7. The summed E-state index contributed by atoms with van der Waals surface area (Å²) in [6.07, 6.45) is 0. The van der Waals surface area contributed by atoms with Crippen molar-refractivity contribution in [3.05, 3.63) is 47.5 Å². The summed E-state index contributed by atoms with van der Waals surface area (Å²) in [5.41, 5.74) is 0.548. The second-order valence-electron chi connectivity index (χ2n) is 4.70. The van der Waals surface area contributed by atoms with Gasteiger partial charge in [0.1, 0.15) is 6.61 Å². The normalized spacial score (nSPS) is 9.96. The van der Waals surface area contributed by atoms with Crippen LogP contribution in [-0.4, -0.2) is 33.4 Å². The molecule has 0 saturated carbocycles. The van der Waals surface area contributed by atoms with Crippen LogP contribution < -0.4 is 24.8 Å². The number of amides is 2. The fraction of sp³-hybridized carbons (Fsp3) is 0.235. The van der Waals surface area contributed by atoms with Gasteiger partial charge < -0.3 is 24.8 Å². The molecule has 2 rings (SSSR count). The number of methoxy groups -OCH3 is 2. The molecule has 0 aliphatic heterocycles. The first-order valence-electron chi connectivity index (χ1n) is 7.29. The van der Waals surface area contributed by atoms with Crippen LogP contribution in [0.15, 0.2) is 42.5 Å². The molecule has 0 radical (unpaired) electrons. The lowest BCUT2D eigenvalue weighted by Crippen LogP contribution is -2.32. The third kappa shape index (κ3) is 4.70. The van der Waals surface area contributed by atoms with Crippen LogP contribution in [0, 0.1) is 0 Å². The molecular weight excluding hydrogens is 332 g/mol. The van der Waals surface area contributed by atoms with E-state index in [1.165, 1.54) is 0 Å². The molecule has 2 amide bonds. The highest BCUT2D eigenvalue weighted by atomic mass is 35.5. The molecule has 128 valence electrons. The van der Waals surface area contributed by atoms with Gasteiger partial charge in [0.2, 0.25) is 5.75 Å². The van der Waals surface area contributed by atoms with Crippen LogP contribution in [0.2, 0.25) is 5.02 Å². The number of nitrogens with one attached hydrogen (secondary N) is 2. The molecule has 0 aliphatic carbocycles. The minimum atomic E-state index is -0.357. The Morgan fingerprint density at radius 1 is 1.04 bits per heavy atom. The first-order valence-corrected chi connectivity index (χ1v) is 7.66. The number of urea groups is 1. The molecule has 7 heteroatoms. The lowest BCUT2D eigenvalue weighted by atomic mass is 10.3. The van der Waals surface area contributed by atoms with Crippen LogP contribution in [0.4, 0.5) is 10.5 Å². The molecule has 0 fully saturated rings. The average molecular weight is 351 g/mol. The van der Waals surface area contributed by atoms with E-state index < -0.39 is 0 Å². The standard InChI is InChI=1S/C17H19ClN2O4/c1-22-14-8-5-9-15(16(14)23-2)24-11-10-19-17(21)20-13-7-4-3-6-12(13)18/h3-9H,10-11H2,1-2H3,(H2,19,20,21). The smallest absolute Gasteiger partial charge is 0.319 e. The van der Waals surface area contributed by atoms with Gasteiger partial charge in [0, 0.05) is 0 Å². The second-order valence-corrected chi connectivity index (χ2v) is 5.11. The summed E-state index contributed by atoms with van der Waals surface area (Å²) in [5, 5.41) is 5.83. The van der Waals surface area contributed by atoms with E-state index in [4.69, 9.17) is 25.8 Å². The van der Waals surface area contributed by atoms with Crippen LogP contribution >= 0.6 is 11.6 Å². The molecule has 6 nitrogen and oxygen atoms in total. The number of ether oxygens (including phenoxy) is 3. The van der Waals surface area contributed by atoms with Crippen molar-refractivity contribution in [2.24, 2.45) is 0 Å². The molecule has 2 N–H and O–H groups in total. The zero-order valence-corrected chi connectivity index (χ0v) is 14.2. The van der Waals surface area contributed by atoms with Crippen LogP contribution in [-0.2, 0) is 0 Å². The maximum Gasteiger partial charge on any atom is 0.319 e. The highest BCUT2D eigenvalue weighted by molar-refractivity contribution is 6.33. The molecule has 0 spiro atoms. The minimum absolute atomic E-state index is 0.277. The third-order valence-electron chi connectivity index (χ3n) is 3.13. The fourth-order valence-corrected chi connectivity index (χ4v) is 2.21. The van der Waals surface area contributed by atoms with Crippen molar-refractivity contribution < 1.29 is 19.0 Å². The quantitative estimate of drug-likeness (QED) is 0.749. The molecule has 0 unspecified atom stereocenters. The zero-order chi connectivity index (χ0) is 17.4. The number of benzene rings is 2. The number of para-hydroxylation sites is 2. The van der Waals surface area contributed by atoms with Gasteiger partial charge in [0.25, 0.3) is 0 Å². The Labute approximate surface area is 145 Å². The predicted octanol–water partition coefficient (Wildman–Crippen LogP) is 3.56. The highest BCUT2D eigenvalue weighted by Gasteiger charge is 2.10. The Hall–Kier alpha value is -2.60. The summed E-state index contributed by atoms with van der Waals surface area (Å²) < 4.78 is 16.1. The van der Waals surface area contributed by atoms with Crippen molar-refractivity contribution in [1.29, 1.82) is 0 Å². The summed E-state index contributed by atoms with van der Waals surface area (Å²) >= 11 is 5.98. The van der Waals surface area contributed by atoms with Gasteiger partial charge in [-0.3, -0.25) is 0 Å². The van der Waals surface area contributed by atoms with Crippen molar-refractivity contribution in [3.63, 3.8) is 0 Å². The molecule has 24 heavy (non-hydrogen) atoms. The SMILES string of the molecule is COc1cccc(OCCNC(=O)Nc2ccccc2Cl)c1OC. The first-order chi connectivity index (χ1) is 11.7. The number of anilines is 1. The topological polar surface area (TPSA) is 68.8 Å². The summed E-state index contributed by atoms with van der Waals surface area (Å²) in [5.74, 6) is 1.64. The molecule has 0 aromatic heterocycles. The Morgan fingerprint density at radius 3 is 2.50 bits per heavy atom. The van der Waals surface area contributed by atoms with Crippen LogP contribution in [0.3, 0.4) is 0 Å². The van der Waals surface area contributed by atoms with Crippen molar-refractivity contribution in [2.75, 3.05) is 32.7 Å². The monoisotopic (exact) mass is 350 g/mol. The lowest BCUT2D eigenvalue weighted by molar-refractivity contribution is 0.245. The van der Waals surface area contributed by atoms with Crippen LogP contribution in [0.25, 0.3) is 0 Å².